The number of furan rings is 1. The van der Waals surface area contributed by atoms with Crippen LogP contribution in [0.4, 0.5) is 0 Å². The minimum Gasteiger partial charge on any atom is -0.493 e. The average molecular weight is 556 g/mol. The summed E-state index contributed by atoms with van der Waals surface area (Å²) in [6, 6.07) is 18.1. The molecule has 204 valence electrons. The number of allylic oxidation sites excluding steroid dienone is 1. The van der Waals surface area contributed by atoms with Gasteiger partial charge in [-0.25, -0.2) is 4.98 Å². The van der Waals surface area contributed by atoms with Gasteiger partial charge in [-0.15, -0.1) is 6.58 Å². The van der Waals surface area contributed by atoms with Crippen LogP contribution in [0.25, 0.3) is 33.5 Å². The Morgan fingerprint density at radius 3 is 2.67 bits per heavy atom. The van der Waals surface area contributed by atoms with Crippen molar-refractivity contribution in [2.45, 2.75) is 27.2 Å². The number of methoxy groups -OCH3 is 1. The first kappa shape index (κ1) is 27.2. The van der Waals surface area contributed by atoms with Gasteiger partial charge in [-0.2, -0.15) is 9.78 Å². The van der Waals surface area contributed by atoms with E-state index in [1.54, 1.807) is 55.8 Å². The van der Waals surface area contributed by atoms with Crippen LogP contribution >= 0.6 is 11.6 Å². The maximum absolute atomic E-state index is 13.6. The van der Waals surface area contributed by atoms with E-state index in [0.717, 1.165) is 16.5 Å². The van der Waals surface area contributed by atoms with Crippen LogP contribution in [-0.4, -0.2) is 29.6 Å². The van der Waals surface area contributed by atoms with E-state index in [2.05, 4.69) is 32.5 Å². The monoisotopic (exact) mass is 555 g/mol. The molecule has 2 aromatic heterocycles. The Bertz CT molecular complexity index is 1810. The molecule has 0 radical (unpaired) electrons. The molecule has 2 heterocycles. The quantitative estimate of drug-likeness (QED) is 0.146. The van der Waals surface area contributed by atoms with Crippen molar-refractivity contribution in [3.05, 3.63) is 99.8 Å². The van der Waals surface area contributed by atoms with E-state index in [1.165, 1.54) is 4.68 Å². The Kier molecular flexibility index (Phi) is 7.50. The Hall–Kier alpha value is -4.36. The fourth-order valence-electron chi connectivity index (χ4n) is 4.31. The number of hydrogen-bond acceptors (Lipinski definition) is 6. The van der Waals surface area contributed by atoms with Gasteiger partial charge in [0.2, 0.25) is 5.82 Å². The van der Waals surface area contributed by atoms with Gasteiger partial charge in [-0.05, 0) is 65.9 Å². The molecule has 0 amide bonds. The van der Waals surface area contributed by atoms with E-state index in [-0.39, 0.29) is 16.8 Å². The van der Waals surface area contributed by atoms with Crippen molar-refractivity contribution in [3.8, 4) is 23.1 Å². The van der Waals surface area contributed by atoms with Crippen LogP contribution in [0.5, 0.6) is 11.5 Å². The van der Waals surface area contributed by atoms with Gasteiger partial charge in [-0.3, -0.25) is 4.79 Å². The third kappa shape index (κ3) is 5.65. The zero-order valence-corrected chi connectivity index (χ0v) is 23.7. The van der Waals surface area contributed by atoms with E-state index in [0.29, 0.717) is 51.8 Å². The van der Waals surface area contributed by atoms with Gasteiger partial charge in [0.15, 0.2) is 17.3 Å². The first-order valence-electron chi connectivity index (χ1n) is 12.9. The molecule has 0 aliphatic carbocycles. The lowest BCUT2D eigenvalue weighted by molar-refractivity contribution is 0.190. The maximum atomic E-state index is 13.6. The molecule has 5 rings (SSSR count). The van der Waals surface area contributed by atoms with Crippen LogP contribution in [0.1, 0.15) is 31.9 Å². The predicted octanol–water partition coefficient (Wildman–Crippen LogP) is 7.51. The summed E-state index contributed by atoms with van der Waals surface area (Å²) in [5, 5.41) is 6.41. The molecule has 3 aromatic carbocycles. The largest absolute Gasteiger partial charge is 0.493 e. The molecule has 8 heteroatoms. The van der Waals surface area contributed by atoms with E-state index in [1.807, 2.05) is 24.3 Å². The Morgan fingerprint density at radius 2 is 1.93 bits per heavy atom. The number of fused-ring (bicyclic) bond motifs is 2. The zero-order chi connectivity index (χ0) is 28.4. The van der Waals surface area contributed by atoms with Crippen molar-refractivity contribution in [1.29, 1.82) is 0 Å². The van der Waals surface area contributed by atoms with Crippen LogP contribution in [-0.2, 0) is 6.42 Å². The number of halogens is 1. The summed E-state index contributed by atoms with van der Waals surface area (Å²) in [6.07, 6.45) is 3.98. The van der Waals surface area contributed by atoms with Crippen LogP contribution in [0.2, 0.25) is 5.02 Å². The Balaban J connectivity index is 1.64. The number of benzene rings is 3. The molecule has 0 aliphatic rings. The highest BCUT2D eigenvalue weighted by atomic mass is 35.5. The van der Waals surface area contributed by atoms with Gasteiger partial charge in [0.1, 0.15) is 5.58 Å². The number of aromatic nitrogens is 2. The average Bonchev–Trinajstić information content (AvgIpc) is 3.34. The van der Waals surface area contributed by atoms with Crippen molar-refractivity contribution < 1.29 is 13.9 Å². The van der Waals surface area contributed by atoms with Gasteiger partial charge >= 0.3 is 0 Å². The van der Waals surface area contributed by atoms with E-state index in [9.17, 15) is 4.79 Å². The molecule has 40 heavy (non-hydrogen) atoms. The summed E-state index contributed by atoms with van der Waals surface area (Å²) in [5.41, 5.74) is 2.44. The molecule has 7 nitrogen and oxygen atoms in total. The highest BCUT2D eigenvalue weighted by molar-refractivity contribution is 6.31. The van der Waals surface area contributed by atoms with E-state index >= 15 is 0 Å². The zero-order valence-electron chi connectivity index (χ0n) is 22.9. The second-order valence-electron chi connectivity index (χ2n) is 10.7. The maximum Gasteiger partial charge on any atom is 0.282 e. The van der Waals surface area contributed by atoms with Crippen LogP contribution in [0.3, 0.4) is 0 Å². The highest BCUT2D eigenvalue weighted by Crippen LogP contribution is 2.35. The van der Waals surface area contributed by atoms with Crippen molar-refractivity contribution >= 4 is 39.7 Å². The summed E-state index contributed by atoms with van der Waals surface area (Å²) in [4.78, 5) is 18.4. The molecule has 0 saturated carbocycles. The lowest BCUT2D eigenvalue weighted by Crippen LogP contribution is -2.20. The molecule has 0 saturated heterocycles. The fourth-order valence-corrected chi connectivity index (χ4v) is 4.49. The normalized spacial score (nSPS) is 11.9. The highest BCUT2D eigenvalue weighted by Gasteiger charge is 2.19. The van der Waals surface area contributed by atoms with Crippen molar-refractivity contribution in [3.63, 3.8) is 0 Å². The van der Waals surface area contributed by atoms with Crippen molar-refractivity contribution in [2.24, 2.45) is 10.5 Å². The second kappa shape index (κ2) is 11.0. The molecule has 0 spiro atoms. The number of para-hydroxylation sites is 1. The third-order valence-corrected chi connectivity index (χ3v) is 6.40. The number of ether oxygens (including phenoxy) is 2. The van der Waals surface area contributed by atoms with Gasteiger partial charge < -0.3 is 13.9 Å². The molecular weight excluding hydrogens is 526 g/mol. The number of nitrogens with zero attached hydrogens (tertiary/aromatic N) is 3. The predicted molar refractivity (Wildman–Crippen MR) is 161 cm³/mol. The van der Waals surface area contributed by atoms with Crippen molar-refractivity contribution in [1.82, 2.24) is 9.66 Å². The minimum atomic E-state index is -0.321. The van der Waals surface area contributed by atoms with Gasteiger partial charge in [-0.1, -0.05) is 50.6 Å². The summed E-state index contributed by atoms with van der Waals surface area (Å²) < 4.78 is 19.2. The first-order valence-corrected chi connectivity index (χ1v) is 13.2. The molecular formula is C32H30ClN3O4. The number of rotatable bonds is 8. The summed E-state index contributed by atoms with van der Waals surface area (Å²) in [5.74, 6) is 1.91. The molecule has 0 bridgehead atoms. The number of hydrogen-bond donors (Lipinski definition) is 0. The van der Waals surface area contributed by atoms with Crippen molar-refractivity contribution in [2.75, 3.05) is 13.7 Å². The molecule has 0 aliphatic heterocycles. The third-order valence-electron chi connectivity index (χ3n) is 6.16. The Morgan fingerprint density at radius 1 is 1.12 bits per heavy atom. The Labute approximate surface area is 237 Å². The summed E-state index contributed by atoms with van der Waals surface area (Å²) >= 11 is 6.18. The van der Waals surface area contributed by atoms with E-state index < -0.39 is 0 Å². The van der Waals surface area contributed by atoms with Gasteiger partial charge in [0.05, 0.1) is 30.8 Å². The first-order chi connectivity index (χ1) is 19.2. The second-order valence-corrected chi connectivity index (χ2v) is 11.1. The van der Waals surface area contributed by atoms with Crippen LogP contribution in [0.15, 0.2) is 87.6 Å². The standard InChI is InChI=1S/C32H30ClN3O4/c1-6-9-21-14-20(15-27(38-5)29(21)39-19-32(2,3)4)18-34-36-30(35-25-11-8-7-10-24(25)31(36)37)28-17-22-16-23(33)12-13-26(22)40-28/h6-8,10-18H,1,9,19H2,2-5H3. The fraction of sp³-hybridized carbons (Fsp3) is 0.219. The van der Waals surface area contributed by atoms with Gasteiger partial charge in [0.25, 0.3) is 5.56 Å². The molecule has 0 atom stereocenters. The lowest BCUT2D eigenvalue weighted by atomic mass is 9.98. The smallest absolute Gasteiger partial charge is 0.282 e. The van der Waals surface area contributed by atoms with Gasteiger partial charge in [0, 0.05) is 16.0 Å². The lowest BCUT2D eigenvalue weighted by Gasteiger charge is -2.22. The summed E-state index contributed by atoms with van der Waals surface area (Å²) in [7, 11) is 1.60. The topological polar surface area (TPSA) is 78.9 Å². The minimum absolute atomic E-state index is 0.0285. The molecule has 5 aromatic rings. The van der Waals surface area contributed by atoms with Crippen LogP contribution in [0, 0.1) is 5.41 Å². The van der Waals surface area contributed by atoms with E-state index in [4.69, 9.17) is 30.5 Å². The van der Waals surface area contributed by atoms with Crippen LogP contribution < -0.4 is 15.0 Å². The SMILES string of the molecule is C=CCc1cc(C=Nn2c(-c3cc4cc(Cl)ccc4o3)nc3ccccc3c2=O)cc(OC)c1OCC(C)(C)C. The molecule has 0 fully saturated rings. The molecule has 0 N–H and O–H groups in total. The summed E-state index contributed by atoms with van der Waals surface area (Å²) in [6.45, 7) is 10.7. The molecule has 0 unspecified atom stereocenters.